The second kappa shape index (κ2) is 5.45. The Balaban J connectivity index is 1.81. The minimum absolute atomic E-state index is 0.226. The van der Waals surface area contributed by atoms with Gasteiger partial charge in [-0.1, -0.05) is 20.8 Å². The third kappa shape index (κ3) is 3.15. The number of hydrogen-bond acceptors (Lipinski definition) is 3. The molecule has 1 aromatic rings. The van der Waals surface area contributed by atoms with Crippen LogP contribution in [0.4, 0.5) is 0 Å². The minimum Gasteiger partial charge on any atom is -0.468 e. The molecule has 0 amide bonds. The van der Waals surface area contributed by atoms with Crippen molar-refractivity contribution in [2.24, 2.45) is 11.3 Å². The van der Waals surface area contributed by atoms with E-state index in [-0.39, 0.29) is 5.41 Å². The van der Waals surface area contributed by atoms with Gasteiger partial charge in [0, 0.05) is 19.1 Å². The van der Waals surface area contributed by atoms with Crippen LogP contribution in [0.2, 0.25) is 0 Å². The third-order valence-corrected chi connectivity index (χ3v) is 3.73. The molecule has 0 radical (unpaired) electrons. The Bertz CT molecular complexity index is 378. The normalized spacial score (nSPS) is 24.7. The predicted molar refractivity (Wildman–Crippen MR) is 72.5 cm³/mol. The second-order valence-electron chi connectivity index (χ2n) is 6.36. The molecule has 2 atom stereocenters. The lowest BCUT2D eigenvalue weighted by molar-refractivity contribution is 0.00714. The summed E-state index contributed by atoms with van der Waals surface area (Å²) in [4.78, 5) is 0. The van der Waals surface area contributed by atoms with Gasteiger partial charge in [-0.3, -0.25) is 0 Å². The smallest absolute Gasteiger partial charge is 0.120 e. The highest BCUT2D eigenvalue weighted by molar-refractivity contribution is 5.14. The second-order valence-corrected chi connectivity index (χ2v) is 6.36. The first-order chi connectivity index (χ1) is 8.48. The Labute approximate surface area is 110 Å². The molecule has 2 heterocycles. The molecule has 2 rings (SSSR count). The summed E-state index contributed by atoms with van der Waals surface area (Å²) in [5.74, 6) is 1.65. The van der Waals surface area contributed by atoms with Gasteiger partial charge in [-0.05, 0) is 30.4 Å². The summed E-state index contributed by atoms with van der Waals surface area (Å²) in [5, 5.41) is 3.50. The van der Waals surface area contributed by atoms with Crippen molar-refractivity contribution < 1.29 is 9.15 Å². The van der Waals surface area contributed by atoms with E-state index >= 15 is 0 Å². The number of nitrogens with one attached hydrogen (secondary N) is 1. The molecule has 0 aliphatic carbocycles. The highest BCUT2D eigenvalue weighted by atomic mass is 16.5. The quantitative estimate of drug-likeness (QED) is 0.892. The van der Waals surface area contributed by atoms with Crippen LogP contribution in [0.15, 0.2) is 16.7 Å². The van der Waals surface area contributed by atoms with Crippen molar-refractivity contribution in [1.29, 1.82) is 0 Å². The van der Waals surface area contributed by atoms with Gasteiger partial charge in [0.05, 0.1) is 18.9 Å². The molecule has 0 saturated carbocycles. The predicted octanol–water partition coefficient (Wildman–Crippen LogP) is 3.13. The average molecular weight is 251 g/mol. The topological polar surface area (TPSA) is 34.4 Å². The van der Waals surface area contributed by atoms with Gasteiger partial charge in [-0.2, -0.15) is 0 Å². The maximum Gasteiger partial charge on any atom is 0.120 e. The molecule has 1 aliphatic rings. The number of hydrogen-bond donors (Lipinski definition) is 1. The van der Waals surface area contributed by atoms with E-state index in [2.05, 4.69) is 33.0 Å². The van der Waals surface area contributed by atoms with Crippen LogP contribution in [0.5, 0.6) is 0 Å². The van der Waals surface area contributed by atoms with Crippen molar-refractivity contribution in [1.82, 2.24) is 5.32 Å². The Morgan fingerprint density at radius 1 is 1.39 bits per heavy atom. The van der Waals surface area contributed by atoms with Gasteiger partial charge in [-0.25, -0.2) is 0 Å². The largest absolute Gasteiger partial charge is 0.468 e. The summed E-state index contributed by atoms with van der Waals surface area (Å²) in [6.45, 7) is 11.6. The van der Waals surface area contributed by atoms with E-state index in [0.29, 0.717) is 12.0 Å². The zero-order valence-corrected chi connectivity index (χ0v) is 12.0. The summed E-state index contributed by atoms with van der Waals surface area (Å²) < 4.78 is 11.3. The fraction of sp³-hybridized carbons (Fsp3) is 0.733. The number of aryl methyl sites for hydroxylation is 1. The van der Waals surface area contributed by atoms with Gasteiger partial charge in [0.2, 0.25) is 0 Å². The van der Waals surface area contributed by atoms with Crippen LogP contribution in [-0.4, -0.2) is 19.3 Å². The van der Waals surface area contributed by atoms with Crippen LogP contribution < -0.4 is 5.32 Å². The molecule has 0 unspecified atom stereocenters. The molecular weight excluding hydrogens is 226 g/mol. The first-order valence-electron chi connectivity index (χ1n) is 6.84. The van der Waals surface area contributed by atoms with Crippen LogP contribution in [0.25, 0.3) is 0 Å². The van der Waals surface area contributed by atoms with Crippen molar-refractivity contribution in [2.45, 2.75) is 46.8 Å². The Kier molecular flexibility index (Phi) is 4.13. The van der Waals surface area contributed by atoms with E-state index in [1.807, 2.05) is 6.07 Å². The van der Waals surface area contributed by atoms with Crippen LogP contribution in [0.1, 0.15) is 38.5 Å². The molecule has 0 aromatic carbocycles. The minimum atomic E-state index is 0.226. The fourth-order valence-corrected chi connectivity index (χ4v) is 2.76. The first-order valence-corrected chi connectivity index (χ1v) is 6.84. The Morgan fingerprint density at radius 3 is 2.78 bits per heavy atom. The van der Waals surface area contributed by atoms with Crippen molar-refractivity contribution in [3.05, 3.63) is 23.7 Å². The highest BCUT2D eigenvalue weighted by Crippen LogP contribution is 2.34. The highest BCUT2D eigenvalue weighted by Gasteiger charge is 2.36. The van der Waals surface area contributed by atoms with Crippen molar-refractivity contribution in [3.8, 4) is 0 Å². The van der Waals surface area contributed by atoms with Crippen LogP contribution >= 0.6 is 0 Å². The molecule has 1 saturated heterocycles. The average Bonchev–Trinajstić information content (AvgIpc) is 2.87. The van der Waals surface area contributed by atoms with Crippen molar-refractivity contribution in [2.75, 3.05) is 13.2 Å². The lowest BCUT2D eigenvalue weighted by atomic mass is 9.81. The third-order valence-electron chi connectivity index (χ3n) is 3.73. The van der Waals surface area contributed by atoms with E-state index in [9.17, 15) is 0 Å². The Morgan fingerprint density at radius 2 is 2.17 bits per heavy atom. The van der Waals surface area contributed by atoms with Crippen molar-refractivity contribution in [3.63, 3.8) is 0 Å². The first kappa shape index (κ1) is 13.6. The summed E-state index contributed by atoms with van der Waals surface area (Å²) >= 11 is 0. The van der Waals surface area contributed by atoms with E-state index in [4.69, 9.17) is 9.15 Å². The maximum atomic E-state index is 5.88. The number of ether oxygens (including phenoxy) is 1. The van der Waals surface area contributed by atoms with E-state index in [1.54, 1.807) is 6.26 Å². The van der Waals surface area contributed by atoms with E-state index < -0.39 is 0 Å². The van der Waals surface area contributed by atoms with Gasteiger partial charge in [0.25, 0.3) is 0 Å². The van der Waals surface area contributed by atoms with Gasteiger partial charge < -0.3 is 14.5 Å². The lowest BCUT2D eigenvalue weighted by Crippen LogP contribution is -2.36. The zero-order valence-electron chi connectivity index (χ0n) is 12.0. The fourth-order valence-electron chi connectivity index (χ4n) is 2.76. The molecule has 102 valence electrons. The maximum absolute atomic E-state index is 5.88. The summed E-state index contributed by atoms with van der Waals surface area (Å²) in [6, 6.07) is 2.01. The Hall–Kier alpha value is -0.800. The molecule has 0 bridgehead atoms. The molecular formula is C15H25NO2. The number of furan rings is 1. The number of rotatable bonds is 4. The molecule has 0 spiro atoms. The zero-order chi connectivity index (χ0) is 13.2. The SMILES string of the molecule is Cc1ccoc1CNC[C@H]1CCO[C@@H]1C(C)(C)C. The van der Waals surface area contributed by atoms with Crippen LogP contribution in [0, 0.1) is 18.3 Å². The summed E-state index contributed by atoms with van der Waals surface area (Å²) in [7, 11) is 0. The molecule has 1 aromatic heterocycles. The van der Waals surface area contributed by atoms with Gasteiger partial charge in [0.15, 0.2) is 0 Å². The lowest BCUT2D eigenvalue weighted by Gasteiger charge is -2.31. The summed E-state index contributed by atoms with van der Waals surface area (Å²) in [5.41, 5.74) is 1.45. The molecule has 1 N–H and O–H groups in total. The molecule has 1 fully saturated rings. The molecule has 3 nitrogen and oxygen atoms in total. The van der Waals surface area contributed by atoms with Gasteiger partial charge in [0.1, 0.15) is 5.76 Å². The van der Waals surface area contributed by atoms with E-state index in [0.717, 1.165) is 31.9 Å². The van der Waals surface area contributed by atoms with Crippen LogP contribution in [0.3, 0.4) is 0 Å². The molecule has 3 heteroatoms. The van der Waals surface area contributed by atoms with Gasteiger partial charge in [-0.15, -0.1) is 0 Å². The van der Waals surface area contributed by atoms with Crippen LogP contribution in [-0.2, 0) is 11.3 Å². The monoisotopic (exact) mass is 251 g/mol. The standard InChI is InChI=1S/C15H25NO2/c1-11-5-7-17-13(11)10-16-9-12-6-8-18-14(12)15(2,3)4/h5,7,12,14,16H,6,8-10H2,1-4H3/t12-,14+/m1/s1. The van der Waals surface area contributed by atoms with Gasteiger partial charge >= 0.3 is 0 Å². The molecule has 1 aliphatic heterocycles. The van der Waals surface area contributed by atoms with Crippen molar-refractivity contribution >= 4 is 0 Å². The molecule has 18 heavy (non-hydrogen) atoms. The van der Waals surface area contributed by atoms with E-state index in [1.165, 1.54) is 5.56 Å². The summed E-state index contributed by atoms with van der Waals surface area (Å²) in [6.07, 6.45) is 3.28.